The van der Waals surface area contributed by atoms with Crippen molar-refractivity contribution in [2.24, 2.45) is 11.7 Å². The summed E-state index contributed by atoms with van der Waals surface area (Å²) < 4.78 is 0. The number of thiophene rings is 1. The van der Waals surface area contributed by atoms with Crippen molar-refractivity contribution in [1.29, 1.82) is 0 Å². The van der Waals surface area contributed by atoms with Crippen LogP contribution in [0.25, 0.3) is 10.2 Å². The van der Waals surface area contributed by atoms with Crippen LogP contribution in [-0.4, -0.2) is 29.0 Å². The van der Waals surface area contributed by atoms with E-state index in [1.54, 1.807) is 17.7 Å². The second-order valence-electron chi connectivity index (χ2n) is 5.17. The number of aromatic nitrogens is 2. The highest BCUT2D eigenvalue weighted by atomic mass is 32.1. The monoisotopic (exact) mass is 290 g/mol. The Balaban J connectivity index is 1.96. The van der Waals surface area contributed by atoms with Crippen molar-refractivity contribution in [2.75, 3.05) is 18.0 Å². The highest BCUT2D eigenvalue weighted by molar-refractivity contribution is 7.18. The van der Waals surface area contributed by atoms with Crippen LogP contribution in [-0.2, 0) is 11.2 Å². The highest BCUT2D eigenvalue weighted by Gasteiger charge is 2.26. The van der Waals surface area contributed by atoms with E-state index in [1.165, 1.54) is 4.88 Å². The van der Waals surface area contributed by atoms with E-state index in [2.05, 4.69) is 27.9 Å². The summed E-state index contributed by atoms with van der Waals surface area (Å²) in [6, 6.07) is 2.17. The number of nitrogens with two attached hydrogens (primary N) is 1. The average molecular weight is 290 g/mol. The summed E-state index contributed by atoms with van der Waals surface area (Å²) in [5.41, 5.74) is 5.45. The molecule has 2 aromatic rings. The van der Waals surface area contributed by atoms with E-state index in [9.17, 15) is 4.79 Å². The fourth-order valence-corrected chi connectivity index (χ4v) is 3.65. The van der Waals surface area contributed by atoms with Gasteiger partial charge in [0.2, 0.25) is 5.91 Å². The zero-order chi connectivity index (χ0) is 14.1. The van der Waals surface area contributed by atoms with Gasteiger partial charge in [0.15, 0.2) is 0 Å². The molecule has 0 aromatic carbocycles. The second-order valence-corrected chi connectivity index (χ2v) is 6.29. The molecular formula is C14H18N4OS. The van der Waals surface area contributed by atoms with Gasteiger partial charge in [-0.2, -0.15) is 0 Å². The molecule has 3 heterocycles. The van der Waals surface area contributed by atoms with E-state index in [0.29, 0.717) is 6.54 Å². The van der Waals surface area contributed by atoms with Crippen molar-refractivity contribution in [3.8, 4) is 0 Å². The van der Waals surface area contributed by atoms with Gasteiger partial charge in [-0.05, 0) is 25.3 Å². The number of amides is 1. The van der Waals surface area contributed by atoms with Crippen molar-refractivity contribution in [1.82, 2.24) is 9.97 Å². The zero-order valence-electron chi connectivity index (χ0n) is 11.5. The number of nitrogens with zero attached hydrogens (tertiary/aromatic N) is 3. The third-order valence-corrected chi connectivity index (χ3v) is 5.02. The lowest BCUT2D eigenvalue weighted by Gasteiger charge is -2.32. The summed E-state index contributed by atoms with van der Waals surface area (Å²) in [6.07, 6.45) is 4.47. The van der Waals surface area contributed by atoms with Gasteiger partial charge in [-0.3, -0.25) is 4.79 Å². The largest absolute Gasteiger partial charge is 0.369 e. The summed E-state index contributed by atoms with van der Waals surface area (Å²) in [5, 5.41) is 1.10. The lowest BCUT2D eigenvalue weighted by atomic mass is 9.97. The molecule has 0 aliphatic carbocycles. The number of hydrogen-bond donors (Lipinski definition) is 1. The third-order valence-electron chi connectivity index (χ3n) is 3.83. The smallest absolute Gasteiger partial charge is 0.222 e. The Bertz CT molecular complexity index is 639. The molecule has 1 fully saturated rings. The van der Waals surface area contributed by atoms with E-state index in [-0.39, 0.29) is 11.8 Å². The Kier molecular flexibility index (Phi) is 3.56. The maximum atomic E-state index is 11.4. The molecule has 0 bridgehead atoms. The quantitative estimate of drug-likeness (QED) is 0.938. The van der Waals surface area contributed by atoms with Gasteiger partial charge in [0.25, 0.3) is 0 Å². The minimum Gasteiger partial charge on any atom is -0.369 e. The number of aryl methyl sites for hydroxylation is 1. The Morgan fingerprint density at radius 2 is 2.40 bits per heavy atom. The maximum absolute atomic E-state index is 11.4. The van der Waals surface area contributed by atoms with E-state index in [1.807, 2.05) is 0 Å². The van der Waals surface area contributed by atoms with Crippen LogP contribution in [0.1, 0.15) is 24.6 Å². The fourth-order valence-electron chi connectivity index (χ4n) is 2.72. The number of hydrogen-bond acceptors (Lipinski definition) is 5. The fraction of sp³-hybridized carbons (Fsp3) is 0.500. The lowest BCUT2D eigenvalue weighted by Crippen LogP contribution is -2.41. The molecule has 2 aromatic heterocycles. The third kappa shape index (κ3) is 2.35. The summed E-state index contributed by atoms with van der Waals surface area (Å²) in [6.45, 7) is 3.73. The SMILES string of the molecule is CCc1cc2c(N3CCCC(C(N)=O)C3)ncnc2s1. The molecule has 1 aliphatic heterocycles. The molecule has 0 radical (unpaired) electrons. The number of piperidine rings is 1. The van der Waals surface area contributed by atoms with Gasteiger partial charge in [-0.15, -0.1) is 11.3 Å². The van der Waals surface area contributed by atoms with Crippen LogP contribution in [0.4, 0.5) is 5.82 Å². The molecule has 2 N–H and O–H groups in total. The van der Waals surface area contributed by atoms with E-state index >= 15 is 0 Å². The van der Waals surface area contributed by atoms with Crippen LogP contribution in [0.15, 0.2) is 12.4 Å². The van der Waals surface area contributed by atoms with Gasteiger partial charge in [-0.1, -0.05) is 6.92 Å². The molecular weight excluding hydrogens is 272 g/mol. The van der Waals surface area contributed by atoms with Crippen molar-refractivity contribution < 1.29 is 4.79 Å². The summed E-state index contributed by atoms with van der Waals surface area (Å²) in [5.74, 6) is 0.662. The summed E-state index contributed by atoms with van der Waals surface area (Å²) >= 11 is 1.71. The van der Waals surface area contributed by atoms with Crippen molar-refractivity contribution >= 4 is 33.3 Å². The standard InChI is InChI=1S/C14H18N4OS/c1-2-10-6-11-13(16-8-17-14(11)20-10)18-5-3-4-9(7-18)12(15)19/h6,8-9H,2-5,7H2,1H3,(H2,15,19). The number of carbonyl (C=O) groups is 1. The number of primary amides is 1. The molecule has 5 nitrogen and oxygen atoms in total. The van der Waals surface area contributed by atoms with E-state index in [4.69, 9.17) is 5.73 Å². The Morgan fingerprint density at radius 1 is 1.55 bits per heavy atom. The van der Waals surface area contributed by atoms with Gasteiger partial charge >= 0.3 is 0 Å². The molecule has 0 spiro atoms. The first kappa shape index (κ1) is 13.3. The topological polar surface area (TPSA) is 72.1 Å². The number of carbonyl (C=O) groups excluding carboxylic acids is 1. The molecule has 3 rings (SSSR count). The molecule has 20 heavy (non-hydrogen) atoms. The minimum atomic E-state index is -0.209. The van der Waals surface area contributed by atoms with Gasteiger partial charge < -0.3 is 10.6 Å². The molecule has 1 amide bonds. The average Bonchev–Trinajstić information content (AvgIpc) is 2.90. The van der Waals surface area contributed by atoms with Crippen LogP contribution in [0.5, 0.6) is 0 Å². The first-order chi connectivity index (χ1) is 9.69. The summed E-state index contributed by atoms with van der Waals surface area (Å²) in [4.78, 5) is 24.7. The molecule has 1 saturated heterocycles. The van der Waals surface area contributed by atoms with Crippen LogP contribution < -0.4 is 10.6 Å². The van der Waals surface area contributed by atoms with Gasteiger partial charge in [0, 0.05) is 18.0 Å². The Labute approximate surface area is 121 Å². The first-order valence-corrected chi connectivity index (χ1v) is 7.78. The predicted octanol–water partition coefficient (Wildman–Crippen LogP) is 1.96. The van der Waals surface area contributed by atoms with Gasteiger partial charge in [-0.25, -0.2) is 9.97 Å². The molecule has 1 unspecified atom stereocenters. The second kappa shape index (κ2) is 5.36. The van der Waals surface area contributed by atoms with Crippen LogP contribution >= 0.6 is 11.3 Å². The van der Waals surface area contributed by atoms with Crippen molar-refractivity contribution in [3.05, 3.63) is 17.3 Å². The van der Waals surface area contributed by atoms with Crippen molar-refractivity contribution in [3.63, 3.8) is 0 Å². The van der Waals surface area contributed by atoms with E-state index < -0.39 is 0 Å². The highest BCUT2D eigenvalue weighted by Crippen LogP contribution is 2.32. The number of fused-ring (bicyclic) bond motifs is 1. The van der Waals surface area contributed by atoms with Crippen LogP contribution in [0.2, 0.25) is 0 Å². The van der Waals surface area contributed by atoms with Crippen LogP contribution in [0.3, 0.4) is 0 Å². The van der Waals surface area contributed by atoms with Gasteiger partial charge in [0.1, 0.15) is 17.0 Å². The summed E-state index contributed by atoms with van der Waals surface area (Å²) in [7, 11) is 0. The molecule has 106 valence electrons. The minimum absolute atomic E-state index is 0.0713. The molecule has 1 aliphatic rings. The Morgan fingerprint density at radius 3 is 3.15 bits per heavy atom. The van der Waals surface area contributed by atoms with Crippen molar-refractivity contribution in [2.45, 2.75) is 26.2 Å². The normalized spacial score (nSPS) is 19.4. The molecule has 0 saturated carbocycles. The van der Waals surface area contributed by atoms with Gasteiger partial charge in [0.05, 0.1) is 11.3 Å². The number of anilines is 1. The molecule has 1 atom stereocenters. The maximum Gasteiger partial charge on any atom is 0.222 e. The zero-order valence-corrected chi connectivity index (χ0v) is 12.3. The first-order valence-electron chi connectivity index (χ1n) is 6.96. The molecule has 6 heteroatoms. The Hall–Kier alpha value is -1.69. The van der Waals surface area contributed by atoms with Crippen LogP contribution in [0, 0.1) is 5.92 Å². The lowest BCUT2D eigenvalue weighted by molar-refractivity contribution is -0.122. The van der Waals surface area contributed by atoms with E-state index in [0.717, 1.165) is 41.8 Å². The predicted molar refractivity (Wildman–Crippen MR) is 80.9 cm³/mol. The number of rotatable bonds is 3.